The van der Waals surface area contributed by atoms with Gasteiger partial charge >= 0.3 is 0 Å². The number of carbonyl (C=O) groups is 3. The summed E-state index contributed by atoms with van der Waals surface area (Å²) in [6.07, 6.45) is 2.99. The molecule has 3 N–H and O–H groups in total. The first-order valence-corrected chi connectivity index (χ1v) is 10.4. The highest BCUT2D eigenvalue weighted by molar-refractivity contribution is 6.10. The average Bonchev–Trinajstić information content (AvgIpc) is 3.26. The zero-order chi connectivity index (χ0) is 23.8. The van der Waals surface area contributed by atoms with Crippen molar-refractivity contribution in [2.45, 2.75) is 32.2 Å². The summed E-state index contributed by atoms with van der Waals surface area (Å²) in [6.45, 7) is 5.91. The number of hydrogen-bond acceptors (Lipinski definition) is 4. The van der Waals surface area contributed by atoms with Crippen molar-refractivity contribution in [2.75, 3.05) is 0 Å². The predicted molar refractivity (Wildman–Crippen MR) is 121 cm³/mol. The van der Waals surface area contributed by atoms with E-state index in [0.29, 0.717) is 22.5 Å². The molecule has 3 aromatic rings. The number of H-pyrrole nitrogens is 1. The molecule has 2 aromatic carbocycles. The summed E-state index contributed by atoms with van der Waals surface area (Å²) in [6, 6.07) is 11.1. The van der Waals surface area contributed by atoms with Crippen LogP contribution in [0.2, 0.25) is 0 Å². The van der Waals surface area contributed by atoms with Gasteiger partial charge in [-0.05, 0) is 29.8 Å². The van der Waals surface area contributed by atoms with Gasteiger partial charge < -0.3 is 15.6 Å². The Morgan fingerprint density at radius 1 is 1.06 bits per heavy atom. The van der Waals surface area contributed by atoms with E-state index in [1.807, 2.05) is 20.8 Å². The van der Waals surface area contributed by atoms with Gasteiger partial charge in [-0.25, -0.2) is 9.37 Å². The van der Waals surface area contributed by atoms with Gasteiger partial charge in [-0.3, -0.25) is 14.4 Å². The lowest BCUT2D eigenvalue weighted by Gasteiger charge is -2.27. The summed E-state index contributed by atoms with van der Waals surface area (Å²) in [5, 5.41) is 5.37. The molecule has 33 heavy (non-hydrogen) atoms. The van der Waals surface area contributed by atoms with Crippen LogP contribution in [0, 0.1) is 5.82 Å². The molecule has 0 aliphatic carbocycles. The average molecular weight is 446 g/mol. The highest BCUT2D eigenvalue weighted by Gasteiger charge is 2.36. The van der Waals surface area contributed by atoms with Gasteiger partial charge in [-0.1, -0.05) is 51.1 Å². The fourth-order valence-corrected chi connectivity index (χ4v) is 3.70. The second kappa shape index (κ2) is 8.46. The Bertz CT molecular complexity index is 1290. The zero-order valence-electron chi connectivity index (χ0n) is 18.4. The second-order valence-corrected chi connectivity index (χ2v) is 8.83. The smallest absolute Gasteiger partial charge is 0.268 e. The summed E-state index contributed by atoms with van der Waals surface area (Å²) in [7, 11) is 0. The molecule has 7 nitrogen and oxygen atoms in total. The number of imidazole rings is 1. The van der Waals surface area contributed by atoms with Crippen LogP contribution in [0.4, 0.5) is 4.39 Å². The molecule has 0 saturated carbocycles. The number of ketones is 1. The normalized spacial score (nSPS) is 17.6. The van der Waals surface area contributed by atoms with Crippen LogP contribution in [0.5, 0.6) is 0 Å². The molecule has 168 valence electrons. The van der Waals surface area contributed by atoms with E-state index in [4.69, 9.17) is 0 Å². The van der Waals surface area contributed by atoms with Crippen molar-refractivity contribution < 1.29 is 18.8 Å². The van der Waals surface area contributed by atoms with Gasteiger partial charge in [-0.2, -0.15) is 0 Å². The van der Waals surface area contributed by atoms with Crippen LogP contribution >= 0.6 is 0 Å². The van der Waals surface area contributed by atoms with E-state index in [9.17, 15) is 18.8 Å². The molecule has 4 rings (SSSR count). The lowest BCUT2D eigenvalue weighted by molar-refractivity contribution is -0.131. The van der Waals surface area contributed by atoms with E-state index in [0.717, 1.165) is 0 Å². The molecule has 1 saturated heterocycles. The summed E-state index contributed by atoms with van der Waals surface area (Å²) in [5.74, 6) is -1.71. The van der Waals surface area contributed by atoms with E-state index >= 15 is 0 Å². The Morgan fingerprint density at radius 3 is 2.45 bits per heavy atom. The number of nitrogens with zero attached hydrogens (tertiary/aromatic N) is 1. The van der Waals surface area contributed by atoms with Crippen molar-refractivity contribution in [3.8, 4) is 0 Å². The van der Waals surface area contributed by atoms with Gasteiger partial charge in [-0.15, -0.1) is 0 Å². The van der Waals surface area contributed by atoms with Crippen molar-refractivity contribution in [2.24, 2.45) is 0 Å². The minimum absolute atomic E-state index is 0.0587. The third kappa shape index (κ3) is 4.59. The predicted octanol–water partition coefficient (Wildman–Crippen LogP) is 3.41. The van der Waals surface area contributed by atoms with Crippen molar-refractivity contribution in [3.05, 3.63) is 94.5 Å². The second-order valence-electron chi connectivity index (χ2n) is 8.83. The summed E-state index contributed by atoms with van der Waals surface area (Å²) in [5.41, 5.74) is 2.07. The molecule has 0 bridgehead atoms. The minimum Gasteiger partial charge on any atom is -0.346 e. The molecule has 1 aliphatic rings. The van der Waals surface area contributed by atoms with Gasteiger partial charge in [0.1, 0.15) is 11.5 Å². The third-order valence-electron chi connectivity index (χ3n) is 5.25. The van der Waals surface area contributed by atoms with Gasteiger partial charge in [0.2, 0.25) is 0 Å². The largest absolute Gasteiger partial charge is 0.346 e. The van der Waals surface area contributed by atoms with Crippen molar-refractivity contribution >= 4 is 23.7 Å². The number of benzene rings is 2. The lowest BCUT2D eigenvalue weighted by Crippen LogP contribution is -2.50. The first kappa shape index (κ1) is 22.1. The molecule has 1 fully saturated rings. The fraction of sp³-hybridized carbons (Fsp3) is 0.200. The topological polar surface area (TPSA) is 104 Å². The van der Waals surface area contributed by atoms with Crippen LogP contribution in [-0.4, -0.2) is 27.6 Å². The van der Waals surface area contributed by atoms with Gasteiger partial charge in [0.05, 0.1) is 17.7 Å². The molecule has 2 heterocycles. The molecule has 1 aromatic heterocycles. The van der Waals surface area contributed by atoms with Crippen molar-refractivity contribution in [1.29, 1.82) is 0 Å². The summed E-state index contributed by atoms with van der Waals surface area (Å²) in [4.78, 5) is 45.5. The summed E-state index contributed by atoms with van der Waals surface area (Å²) >= 11 is 0. The fourth-order valence-electron chi connectivity index (χ4n) is 3.70. The first-order valence-electron chi connectivity index (χ1n) is 10.4. The maximum atomic E-state index is 13.5. The number of rotatable bonds is 4. The molecule has 1 atom stereocenters. The maximum Gasteiger partial charge on any atom is 0.268 e. The number of nitrogens with one attached hydrogen (secondary N) is 3. The lowest BCUT2D eigenvalue weighted by atomic mass is 9.88. The number of aromatic amines is 1. The maximum absolute atomic E-state index is 13.5. The minimum atomic E-state index is -0.896. The molecular formula is C25H23FN4O3. The molecule has 8 heteroatoms. The van der Waals surface area contributed by atoms with Crippen LogP contribution < -0.4 is 10.6 Å². The van der Waals surface area contributed by atoms with Crippen LogP contribution in [0.25, 0.3) is 6.08 Å². The number of amides is 2. The molecule has 0 radical (unpaired) electrons. The number of halogens is 1. The van der Waals surface area contributed by atoms with Crippen molar-refractivity contribution in [1.82, 2.24) is 20.6 Å². The zero-order valence-corrected chi connectivity index (χ0v) is 18.4. The number of carbonyl (C=O) groups excluding carboxylic acids is 3. The Labute approximate surface area is 190 Å². The highest BCUT2D eigenvalue weighted by Crippen LogP contribution is 2.28. The molecule has 1 unspecified atom stereocenters. The van der Waals surface area contributed by atoms with E-state index in [-0.39, 0.29) is 22.5 Å². The van der Waals surface area contributed by atoms with Crippen LogP contribution in [0.15, 0.2) is 60.6 Å². The summed E-state index contributed by atoms with van der Waals surface area (Å²) < 4.78 is 13.5. The van der Waals surface area contributed by atoms with Crippen molar-refractivity contribution in [3.63, 3.8) is 0 Å². The van der Waals surface area contributed by atoms with E-state index in [2.05, 4.69) is 20.6 Å². The van der Waals surface area contributed by atoms with Gasteiger partial charge in [0.25, 0.3) is 11.8 Å². The molecule has 2 amide bonds. The molecule has 0 spiro atoms. The van der Waals surface area contributed by atoms with Gasteiger partial charge in [0.15, 0.2) is 11.8 Å². The van der Waals surface area contributed by atoms with E-state index < -0.39 is 23.7 Å². The highest BCUT2D eigenvalue weighted by atomic mass is 19.1. The number of hydrogen-bond donors (Lipinski definition) is 3. The number of piperazine rings is 1. The van der Waals surface area contributed by atoms with E-state index in [1.165, 1.54) is 36.7 Å². The Hall–Kier alpha value is -4.07. The Kier molecular flexibility index (Phi) is 5.68. The first-order chi connectivity index (χ1) is 15.6. The monoisotopic (exact) mass is 446 g/mol. The van der Waals surface area contributed by atoms with Crippen LogP contribution in [0.3, 0.4) is 0 Å². The van der Waals surface area contributed by atoms with Crippen LogP contribution in [0.1, 0.15) is 59.7 Å². The number of aromatic nitrogens is 2. The molecular weight excluding hydrogens is 423 g/mol. The third-order valence-corrected chi connectivity index (χ3v) is 5.25. The molecule has 1 aliphatic heterocycles. The van der Waals surface area contributed by atoms with Crippen LogP contribution in [-0.2, 0) is 15.0 Å². The quantitative estimate of drug-likeness (QED) is 0.422. The SMILES string of the molecule is CC(C)(C)c1nc[nH]c1C1NC(=O)/C(=C\c2cccc(C(=O)c3cccc(F)c3)c2)NC1=O. The van der Waals surface area contributed by atoms with E-state index in [1.54, 1.807) is 24.3 Å². The Balaban J connectivity index is 1.57. The standard InChI is InChI=1S/C25H23FN4O3/c1-25(2,3)22-19(27-13-28-22)20-24(33)29-18(23(32)30-20)11-14-6-4-7-15(10-14)21(31)16-8-5-9-17(26)12-16/h4-13,20H,1-3H3,(H,27,28)(H,29,33)(H,30,32)/b18-11+. The Morgan fingerprint density at radius 2 is 1.76 bits per heavy atom. The van der Waals surface area contributed by atoms with Gasteiger partial charge in [0, 0.05) is 16.5 Å².